The first-order valence-electron chi connectivity index (χ1n) is 6.47. The molecule has 0 spiro atoms. The van der Waals surface area contributed by atoms with E-state index in [0.717, 1.165) is 6.42 Å². The first kappa shape index (κ1) is 16.2. The molecule has 0 amide bonds. The van der Waals surface area contributed by atoms with Gasteiger partial charge >= 0.3 is 0 Å². The van der Waals surface area contributed by atoms with Gasteiger partial charge in [-0.05, 0) is 39.3 Å². The smallest absolute Gasteiger partial charge is 0.276 e. The van der Waals surface area contributed by atoms with E-state index in [0.29, 0.717) is 18.8 Å². The van der Waals surface area contributed by atoms with E-state index >= 15 is 0 Å². The lowest BCUT2D eigenvalue weighted by Crippen LogP contribution is -2.34. The van der Waals surface area contributed by atoms with Crippen molar-refractivity contribution in [3.63, 3.8) is 0 Å². The van der Waals surface area contributed by atoms with Crippen LogP contribution in [-0.2, 0) is 16.6 Å². The van der Waals surface area contributed by atoms with Crippen molar-refractivity contribution in [1.29, 1.82) is 0 Å². The van der Waals surface area contributed by atoms with E-state index in [4.69, 9.17) is 4.42 Å². The molecule has 0 saturated heterocycles. The molecule has 0 fully saturated rings. The van der Waals surface area contributed by atoms with Crippen LogP contribution >= 0.6 is 0 Å². The molecule has 5 nitrogen and oxygen atoms in total. The largest absolute Gasteiger partial charge is 0.447 e. The van der Waals surface area contributed by atoms with Gasteiger partial charge in [0.25, 0.3) is 10.0 Å². The summed E-state index contributed by atoms with van der Waals surface area (Å²) in [6, 6.07) is 3.21. The fourth-order valence-corrected chi connectivity index (χ4v) is 2.72. The van der Waals surface area contributed by atoms with Gasteiger partial charge in [0.2, 0.25) is 5.09 Å². The predicted molar refractivity (Wildman–Crippen MR) is 75.4 cm³/mol. The molecule has 0 aromatic carbocycles. The summed E-state index contributed by atoms with van der Waals surface area (Å²) in [5, 5.41) is 3.26. The Morgan fingerprint density at radius 3 is 2.47 bits per heavy atom. The Labute approximate surface area is 116 Å². The fourth-order valence-electron chi connectivity index (χ4n) is 1.53. The Balaban J connectivity index is 2.79. The van der Waals surface area contributed by atoms with Crippen molar-refractivity contribution in [2.24, 2.45) is 0 Å². The molecule has 0 bridgehead atoms. The van der Waals surface area contributed by atoms with Gasteiger partial charge in [-0.25, -0.2) is 8.42 Å². The van der Waals surface area contributed by atoms with Gasteiger partial charge in [0.05, 0.1) is 6.54 Å². The van der Waals surface area contributed by atoms with Crippen LogP contribution < -0.4 is 5.32 Å². The number of nitrogens with one attached hydrogen (secondary N) is 1. The number of furan rings is 1. The maximum atomic E-state index is 12.1. The molecule has 1 heterocycles. The Bertz CT molecular complexity index is 500. The van der Waals surface area contributed by atoms with Crippen molar-refractivity contribution >= 4 is 10.0 Å². The maximum absolute atomic E-state index is 12.1. The summed E-state index contributed by atoms with van der Waals surface area (Å²) in [6.07, 6.45) is 0.773. The number of sulfonamides is 1. The molecule has 1 N–H and O–H groups in total. The van der Waals surface area contributed by atoms with E-state index in [9.17, 15) is 8.42 Å². The molecule has 6 heteroatoms. The molecule has 0 aliphatic carbocycles. The number of hydrogen-bond donors (Lipinski definition) is 1. The van der Waals surface area contributed by atoms with Crippen LogP contribution in [0, 0.1) is 0 Å². The van der Waals surface area contributed by atoms with E-state index in [-0.39, 0.29) is 10.6 Å². The first-order valence-corrected chi connectivity index (χ1v) is 7.91. The Kier molecular flexibility index (Phi) is 5.18. The average molecular weight is 288 g/mol. The summed E-state index contributed by atoms with van der Waals surface area (Å²) in [6.45, 7) is 9.07. The van der Waals surface area contributed by atoms with Gasteiger partial charge in [-0.3, -0.25) is 0 Å². The second-order valence-electron chi connectivity index (χ2n) is 5.65. The highest BCUT2D eigenvalue weighted by molar-refractivity contribution is 7.89. The third-order valence-corrected chi connectivity index (χ3v) is 4.36. The van der Waals surface area contributed by atoms with Gasteiger partial charge in [-0.15, -0.1) is 0 Å². The van der Waals surface area contributed by atoms with Crippen molar-refractivity contribution in [2.75, 3.05) is 13.6 Å². The quantitative estimate of drug-likeness (QED) is 0.871. The normalized spacial score (nSPS) is 13.2. The molecule has 1 rings (SSSR count). The monoisotopic (exact) mass is 288 g/mol. The SMILES string of the molecule is CCCN(C)S(=O)(=O)c1ccc(CNC(C)(C)C)o1. The Morgan fingerprint density at radius 1 is 1.32 bits per heavy atom. The minimum absolute atomic E-state index is 0.00848. The highest BCUT2D eigenvalue weighted by Gasteiger charge is 2.24. The molecule has 0 atom stereocenters. The summed E-state index contributed by atoms with van der Waals surface area (Å²) >= 11 is 0. The summed E-state index contributed by atoms with van der Waals surface area (Å²) in [7, 11) is -1.93. The Morgan fingerprint density at radius 2 is 1.95 bits per heavy atom. The molecule has 0 aliphatic heterocycles. The van der Waals surface area contributed by atoms with Crippen LogP contribution in [0.25, 0.3) is 0 Å². The van der Waals surface area contributed by atoms with Gasteiger partial charge in [0.1, 0.15) is 5.76 Å². The van der Waals surface area contributed by atoms with Crippen LogP contribution in [0.3, 0.4) is 0 Å². The lowest BCUT2D eigenvalue weighted by molar-refractivity contribution is 0.351. The van der Waals surface area contributed by atoms with Crippen molar-refractivity contribution in [1.82, 2.24) is 9.62 Å². The molecule has 1 aromatic rings. The van der Waals surface area contributed by atoms with Gasteiger partial charge < -0.3 is 9.73 Å². The topological polar surface area (TPSA) is 62.6 Å². The second kappa shape index (κ2) is 6.07. The third-order valence-electron chi connectivity index (χ3n) is 2.63. The van der Waals surface area contributed by atoms with Crippen LogP contribution in [0.5, 0.6) is 0 Å². The molecule has 110 valence electrons. The lowest BCUT2D eigenvalue weighted by atomic mass is 10.1. The molecule has 0 saturated carbocycles. The van der Waals surface area contributed by atoms with Crippen LogP contribution in [0.15, 0.2) is 21.6 Å². The number of hydrogen-bond acceptors (Lipinski definition) is 4. The predicted octanol–water partition coefficient (Wildman–Crippen LogP) is 2.20. The molecule has 0 aliphatic rings. The fraction of sp³-hybridized carbons (Fsp3) is 0.692. The standard InChI is InChI=1S/C13H24N2O3S/c1-6-9-15(5)19(16,17)12-8-7-11(18-12)10-14-13(2,3)4/h7-8,14H,6,9-10H2,1-5H3. The van der Waals surface area contributed by atoms with Crippen molar-refractivity contribution < 1.29 is 12.8 Å². The zero-order valence-electron chi connectivity index (χ0n) is 12.4. The zero-order valence-corrected chi connectivity index (χ0v) is 13.2. The van der Waals surface area contributed by atoms with E-state index < -0.39 is 10.0 Å². The van der Waals surface area contributed by atoms with Crippen LogP contribution in [0.1, 0.15) is 39.9 Å². The Hall–Kier alpha value is -0.850. The van der Waals surface area contributed by atoms with Crippen LogP contribution in [-0.4, -0.2) is 31.9 Å². The second-order valence-corrected chi connectivity index (χ2v) is 7.63. The molecule has 19 heavy (non-hydrogen) atoms. The molecule has 1 aromatic heterocycles. The third kappa shape index (κ3) is 4.63. The summed E-state index contributed by atoms with van der Waals surface area (Å²) in [5.41, 5.74) is -0.0369. The first-order chi connectivity index (χ1) is 8.66. The summed E-state index contributed by atoms with van der Waals surface area (Å²) in [4.78, 5) is 0. The van der Waals surface area contributed by atoms with Gasteiger partial charge in [-0.1, -0.05) is 6.92 Å². The molecule has 0 radical (unpaired) electrons. The highest BCUT2D eigenvalue weighted by Crippen LogP contribution is 2.18. The average Bonchev–Trinajstić information content (AvgIpc) is 2.75. The van der Waals surface area contributed by atoms with Crippen molar-refractivity contribution in [3.05, 3.63) is 17.9 Å². The zero-order chi connectivity index (χ0) is 14.7. The highest BCUT2D eigenvalue weighted by atomic mass is 32.2. The number of nitrogens with zero attached hydrogens (tertiary/aromatic N) is 1. The summed E-state index contributed by atoms with van der Waals surface area (Å²) in [5.74, 6) is 0.624. The maximum Gasteiger partial charge on any atom is 0.276 e. The summed E-state index contributed by atoms with van der Waals surface area (Å²) < 4.78 is 31.0. The molecular weight excluding hydrogens is 264 g/mol. The van der Waals surface area contributed by atoms with Gasteiger partial charge in [0.15, 0.2) is 0 Å². The van der Waals surface area contributed by atoms with Gasteiger partial charge in [-0.2, -0.15) is 4.31 Å². The van der Waals surface area contributed by atoms with Crippen molar-refractivity contribution in [2.45, 2.75) is 51.3 Å². The lowest BCUT2D eigenvalue weighted by Gasteiger charge is -2.19. The van der Waals surface area contributed by atoms with E-state index in [2.05, 4.69) is 5.32 Å². The molecule has 0 unspecified atom stereocenters. The van der Waals surface area contributed by atoms with E-state index in [1.54, 1.807) is 13.1 Å². The molecular formula is C13H24N2O3S. The van der Waals surface area contributed by atoms with Crippen molar-refractivity contribution in [3.8, 4) is 0 Å². The van der Waals surface area contributed by atoms with E-state index in [1.165, 1.54) is 10.4 Å². The minimum Gasteiger partial charge on any atom is -0.447 e. The van der Waals surface area contributed by atoms with Gasteiger partial charge in [0, 0.05) is 19.1 Å². The number of rotatable bonds is 6. The van der Waals surface area contributed by atoms with E-state index in [1.807, 2.05) is 27.7 Å². The van der Waals surface area contributed by atoms with Crippen LogP contribution in [0.4, 0.5) is 0 Å². The minimum atomic E-state index is -3.50. The van der Waals surface area contributed by atoms with Crippen LogP contribution in [0.2, 0.25) is 0 Å².